The minimum atomic E-state index is 0.236. The summed E-state index contributed by atoms with van der Waals surface area (Å²) in [6, 6.07) is 5.82. The van der Waals surface area contributed by atoms with Crippen molar-refractivity contribution in [2.45, 2.75) is 11.3 Å². The highest BCUT2D eigenvalue weighted by Gasteiger charge is 2.04. The molecule has 0 unspecified atom stereocenters. The van der Waals surface area contributed by atoms with Crippen LogP contribution in [-0.2, 0) is 0 Å². The van der Waals surface area contributed by atoms with E-state index < -0.39 is 0 Å². The number of aliphatic hydroxyl groups is 1. The van der Waals surface area contributed by atoms with Gasteiger partial charge in [0.1, 0.15) is 0 Å². The number of thioether (sulfide) groups is 1. The molecular formula is C11H16O3S. The van der Waals surface area contributed by atoms with Crippen LogP contribution in [0.1, 0.15) is 6.42 Å². The fourth-order valence-corrected chi connectivity index (χ4v) is 2.02. The maximum absolute atomic E-state index is 8.67. The van der Waals surface area contributed by atoms with Gasteiger partial charge in [0, 0.05) is 17.3 Å². The molecular weight excluding hydrogens is 212 g/mol. The number of ether oxygens (including phenoxy) is 2. The zero-order chi connectivity index (χ0) is 11.1. The molecule has 0 fully saturated rings. The van der Waals surface area contributed by atoms with Gasteiger partial charge < -0.3 is 14.6 Å². The summed E-state index contributed by atoms with van der Waals surface area (Å²) in [6.07, 6.45) is 0.805. The molecule has 4 heteroatoms. The first-order valence-electron chi connectivity index (χ1n) is 4.77. The van der Waals surface area contributed by atoms with E-state index in [1.165, 1.54) is 0 Å². The molecule has 0 aliphatic carbocycles. The van der Waals surface area contributed by atoms with Crippen molar-refractivity contribution in [1.82, 2.24) is 0 Å². The summed E-state index contributed by atoms with van der Waals surface area (Å²) in [6.45, 7) is 0.236. The van der Waals surface area contributed by atoms with Crippen LogP contribution in [0.2, 0.25) is 0 Å². The molecule has 0 heterocycles. The molecule has 1 rings (SSSR count). The molecule has 0 amide bonds. The van der Waals surface area contributed by atoms with Crippen LogP contribution in [0.4, 0.5) is 0 Å². The van der Waals surface area contributed by atoms with Gasteiger partial charge >= 0.3 is 0 Å². The average Bonchev–Trinajstić information content (AvgIpc) is 2.29. The summed E-state index contributed by atoms with van der Waals surface area (Å²) < 4.78 is 10.3. The molecule has 1 N–H and O–H groups in total. The van der Waals surface area contributed by atoms with Crippen LogP contribution >= 0.6 is 11.8 Å². The normalized spacial score (nSPS) is 10.1. The van der Waals surface area contributed by atoms with Gasteiger partial charge in [-0.05, 0) is 24.6 Å². The predicted octanol–water partition coefficient (Wildman–Crippen LogP) is 2.18. The van der Waals surface area contributed by atoms with E-state index >= 15 is 0 Å². The van der Waals surface area contributed by atoms with E-state index in [1.807, 2.05) is 18.2 Å². The van der Waals surface area contributed by atoms with Crippen LogP contribution in [0.25, 0.3) is 0 Å². The van der Waals surface area contributed by atoms with Gasteiger partial charge in [0.2, 0.25) is 0 Å². The van der Waals surface area contributed by atoms with Gasteiger partial charge in [-0.15, -0.1) is 11.8 Å². The third kappa shape index (κ3) is 3.64. The van der Waals surface area contributed by atoms with E-state index in [2.05, 4.69) is 0 Å². The van der Waals surface area contributed by atoms with Crippen LogP contribution in [0, 0.1) is 0 Å². The highest BCUT2D eigenvalue weighted by atomic mass is 32.2. The number of rotatable bonds is 6. The van der Waals surface area contributed by atoms with E-state index in [1.54, 1.807) is 26.0 Å². The molecule has 0 aromatic heterocycles. The molecule has 84 valence electrons. The van der Waals surface area contributed by atoms with E-state index in [-0.39, 0.29) is 6.61 Å². The smallest absolute Gasteiger partial charge is 0.161 e. The highest BCUT2D eigenvalue weighted by molar-refractivity contribution is 7.99. The lowest BCUT2D eigenvalue weighted by Gasteiger charge is -2.08. The molecule has 0 saturated carbocycles. The summed E-state index contributed by atoms with van der Waals surface area (Å²) in [5, 5.41) is 8.67. The number of aliphatic hydroxyl groups excluding tert-OH is 1. The first kappa shape index (κ1) is 12.2. The molecule has 1 aromatic carbocycles. The Balaban J connectivity index is 2.66. The van der Waals surface area contributed by atoms with Crippen LogP contribution in [0.5, 0.6) is 11.5 Å². The summed E-state index contributed by atoms with van der Waals surface area (Å²) in [5.41, 5.74) is 0. The van der Waals surface area contributed by atoms with Crippen LogP contribution in [0.3, 0.4) is 0 Å². The molecule has 0 spiro atoms. The Hall–Kier alpha value is -0.870. The van der Waals surface area contributed by atoms with Gasteiger partial charge in [-0.1, -0.05) is 0 Å². The molecule has 0 radical (unpaired) electrons. The van der Waals surface area contributed by atoms with Gasteiger partial charge in [0.25, 0.3) is 0 Å². The van der Waals surface area contributed by atoms with Crippen molar-refractivity contribution in [1.29, 1.82) is 0 Å². The number of methoxy groups -OCH3 is 2. The Labute approximate surface area is 94.4 Å². The standard InChI is InChI=1S/C11H16O3S/c1-13-10-5-4-9(8-11(10)14-2)15-7-3-6-12/h4-5,8,12H,3,6-7H2,1-2H3. The lowest BCUT2D eigenvalue weighted by Crippen LogP contribution is -1.91. The topological polar surface area (TPSA) is 38.7 Å². The number of hydrogen-bond acceptors (Lipinski definition) is 4. The van der Waals surface area contributed by atoms with Crippen molar-refractivity contribution in [3.63, 3.8) is 0 Å². The van der Waals surface area contributed by atoms with Gasteiger partial charge in [-0.2, -0.15) is 0 Å². The van der Waals surface area contributed by atoms with Crippen molar-refractivity contribution >= 4 is 11.8 Å². The average molecular weight is 228 g/mol. The second-order valence-electron chi connectivity index (χ2n) is 2.94. The first-order valence-corrected chi connectivity index (χ1v) is 5.76. The molecule has 0 aliphatic heterocycles. The quantitative estimate of drug-likeness (QED) is 0.598. The predicted molar refractivity (Wildman–Crippen MR) is 62.0 cm³/mol. The lowest BCUT2D eigenvalue weighted by molar-refractivity contribution is 0.296. The first-order chi connectivity index (χ1) is 7.31. The van der Waals surface area contributed by atoms with Gasteiger partial charge in [-0.3, -0.25) is 0 Å². The maximum Gasteiger partial charge on any atom is 0.161 e. The van der Waals surface area contributed by atoms with Crippen molar-refractivity contribution in [3.05, 3.63) is 18.2 Å². The van der Waals surface area contributed by atoms with Crippen molar-refractivity contribution in [2.75, 3.05) is 26.6 Å². The van der Waals surface area contributed by atoms with E-state index in [9.17, 15) is 0 Å². The Kier molecular flexibility index (Phi) is 5.36. The summed E-state index contributed by atoms with van der Waals surface area (Å²) in [7, 11) is 3.25. The monoisotopic (exact) mass is 228 g/mol. The molecule has 0 aliphatic rings. The third-order valence-corrected chi connectivity index (χ3v) is 3.01. The Morgan fingerprint density at radius 3 is 2.53 bits per heavy atom. The molecule has 0 bridgehead atoms. The Morgan fingerprint density at radius 2 is 1.93 bits per heavy atom. The Bertz CT molecular complexity index is 302. The van der Waals surface area contributed by atoms with E-state index in [4.69, 9.17) is 14.6 Å². The van der Waals surface area contributed by atoms with Gasteiger partial charge in [0.05, 0.1) is 14.2 Å². The van der Waals surface area contributed by atoms with Crippen molar-refractivity contribution in [2.24, 2.45) is 0 Å². The zero-order valence-corrected chi connectivity index (χ0v) is 9.84. The second-order valence-corrected chi connectivity index (χ2v) is 4.11. The molecule has 3 nitrogen and oxygen atoms in total. The Morgan fingerprint density at radius 1 is 1.20 bits per heavy atom. The summed E-state index contributed by atoms with van der Waals surface area (Å²) >= 11 is 1.70. The van der Waals surface area contributed by atoms with Gasteiger partial charge in [0.15, 0.2) is 11.5 Å². The van der Waals surface area contributed by atoms with Gasteiger partial charge in [-0.25, -0.2) is 0 Å². The maximum atomic E-state index is 8.67. The fourth-order valence-electron chi connectivity index (χ4n) is 1.16. The largest absolute Gasteiger partial charge is 0.493 e. The van der Waals surface area contributed by atoms with E-state index in [0.29, 0.717) is 0 Å². The molecule has 0 saturated heterocycles. The van der Waals surface area contributed by atoms with Crippen LogP contribution in [0.15, 0.2) is 23.1 Å². The fraction of sp³-hybridized carbons (Fsp3) is 0.455. The second kappa shape index (κ2) is 6.58. The van der Waals surface area contributed by atoms with Crippen LogP contribution in [-0.4, -0.2) is 31.7 Å². The molecule has 15 heavy (non-hydrogen) atoms. The molecule has 0 atom stereocenters. The molecule has 1 aromatic rings. The van der Waals surface area contributed by atoms with E-state index in [0.717, 1.165) is 28.6 Å². The third-order valence-electron chi connectivity index (χ3n) is 1.93. The highest BCUT2D eigenvalue weighted by Crippen LogP contribution is 2.31. The minimum Gasteiger partial charge on any atom is -0.493 e. The SMILES string of the molecule is COc1ccc(SCCCO)cc1OC. The summed E-state index contributed by atoms with van der Waals surface area (Å²) in [4.78, 5) is 1.13. The zero-order valence-electron chi connectivity index (χ0n) is 9.03. The van der Waals surface area contributed by atoms with Crippen LogP contribution < -0.4 is 9.47 Å². The summed E-state index contributed by atoms with van der Waals surface area (Å²) in [5.74, 6) is 2.39. The number of benzene rings is 1. The van der Waals surface area contributed by atoms with Crippen molar-refractivity contribution < 1.29 is 14.6 Å². The number of hydrogen-bond donors (Lipinski definition) is 1. The van der Waals surface area contributed by atoms with Crippen molar-refractivity contribution in [3.8, 4) is 11.5 Å². The lowest BCUT2D eigenvalue weighted by atomic mass is 10.3. The minimum absolute atomic E-state index is 0.236.